The number of carbonyl (C=O) groups excluding carboxylic acids is 1. The lowest BCUT2D eigenvalue weighted by molar-refractivity contribution is -0.119. The number of aliphatic hydroxyl groups is 1. The van der Waals surface area contributed by atoms with Gasteiger partial charge in [0.15, 0.2) is 0 Å². The van der Waals surface area contributed by atoms with Crippen LogP contribution in [0.25, 0.3) is 0 Å². The van der Waals surface area contributed by atoms with Gasteiger partial charge in [0.05, 0.1) is 6.10 Å². The smallest absolute Gasteiger partial charge is 0.221 e. The third-order valence-corrected chi connectivity index (χ3v) is 3.81. The van der Waals surface area contributed by atoms with Crippen LogP contribution in [0.15, 0.2) is 42.5 Å². The zero-order valence-electron chi connectivity index (χ0n) is 9.47. The van der Waals surface area contributed by atoms with Crippen LogP contribution >= 0.6 is 0 Å². The lowest BCUT2D eigenvalue weighted by Gasteiger charge is -2.36. The van der Waals surface area contributed by atoms with Gasteiger partial charge in [0.2, 0.25) is 5.91 Å². The molecule has 3 rings (SSSR count). The molecule has 1 aliphatic heterocycles. The molecule has 0 unspecified atom stereocenters. The van der Waals surface area contributed by atoms with E-state index in [4.69, 9.17) is 0 Å². The minimum absolute atomic E-state index is 0.0115. The zero-order valence-corrected chi connectivity index (χ0v) is 9.47. The van der Waals surface area contributed by atoms with Gasteiger partial charge >= 0.3 is 0 Å². The van der Waals surface area contributed by atoms with Crippen LogP contribution in [0.3, 0.4) is 0 Å². The van der Waals surface area contributed by atoms with Crippen molar-refractivity contribution in [1.29, 1.82) is 0 Å². The van der Waals surface area contributed by atoms with E-state index in [1.165, 1.54) is 0 Å². The quantitative estimate of drug-likeness (QED) is 0.709. The van der Waals surface area contributed by atoms with Crippen molar-refractivity contribution in [1.82, 2.24) is 5.32 Å². The molecule has 0 aromatic heterocycles. The summed E-state index contributed by atoms with van der Waals surface area (Å²) in [6, 6.07) is 10.1. The molecule has 1 saturated heterocycles. The predicted molar refractivity (Wildman–Crippen MR) is 64.4 cm³/mol. The SMILES string of the molecule is O=C1C[C@@]2(c3ccccc3)C=C[C@@H](O)C[C@H]2N1. The molecule has 88 valence electrons. The molecule has 2 aliphatic rings. The second-order valence-corrected chi connectivity index (χ2v) is 4.87. The fraction of sp³-hybridized carbons (Fsp3) is 0.357. The van der Waals surface area contributed by atoms with Gasteiger partial charge in [-0.05, 0) is 12.0 Å². The number of benzene rings is 1. The topological polar surface area (TPSA) is 49.3 Å². The summed E-state index contributed by atoms with van der Waals surface area (Å²) in [5.74, 6) is 0.0672. The molecule has 1 aliphatic carbocycles. The summed E-state index contributed by atoms with van der Waals surface area (Å²) in [6.45, 7) is 0. The van der Waals surface area contributed by atoms with Gasteiger partial charge < -0.3 is 10.4 Å². The van der Waals surface area contributed by atoms with E-state index in [-0.39, 0.29) is 17.4 Å². The zero-order chi connectivity index (χ0) is 11.9. The molecule has 0 saturated carbocycles. The van der Waals surface area contributed by atoms with E-state index >= 15 is 0 Å². The Labute approximate surface area is 100 Å². The Morgan fingerprint density at radius 3 is 2.82 bits per heavy atom. The van der Waals surface area contributed by atoms with Gasteiger partial charge in [0.1, 0.15) is 0 Å². The third kappa shape index (κ3) is 1.58. The summed E-state index contributed by atoms with van der Waals surface area (Å²) >= 11 is 0. The van der Waals surface area contributed by atoms with Gasteiger partial charge in [-0.2, -0.15) is 0 Å². The highest BCUT2D eigenvalue weighted by atomic mass is 16.3. The van der Waals surface area contributed by atoms with Gasteiger partial charge in [-0.15, -0.1) is 0 Å². The Balaban J connectivity index is 2.09. The van der Waals surface area contributed by atoms with E-state index in [1.54, 1.807) is 0 Å². The molecule has 1 heterocycles. The second kappa shape index (κ2) is 3.70. The minimum atomic E-state index is -0.449. The second-order valence-electron chi connectivity index (χ2n) is 4.87. The highest BCUT2D eigenvalue weighted by molar-refractivity contribution is 5.82. The van der Waals surface area contributed by atoms with Crippen LogP contribution in [0.1, 0.15) is 18.4 Å². The summed E-state index contributed by atoms with van der Waals surface area (Å²) in [7, 11) is 0. The molecule has 0 radical (unpaired) electrons. The van der Waals surface area contributed by atoms with Crippen LogP contribution < -0.4 is 5.32 Å². The lowest BCUT2D eigenvalue weighted by Crippen LogP contribution is -2.44. The van der Waals surface area contributed by atoms with Crippen molar-refractivity contribution in [2.45, 2.75) is 30.4 Å². The highest BCUT2D eigenvalue weighted by Gasteiger charge is 2.48. The van der Waals surface area contributed by atoms with Crippen molar-refractivity contribution in [3.8, 4) is 0 Å². The van der Waals surface area contributed by atoms with Gasteiger partial charge in [0, 0.05) is 17.9 Å². The molecule has 0 bridgehead atoms. The van der Waals surface area contributed by atoms with E-state index in [2.05, 4.69) is 17.4 Å². The van der Waals surface area contributed by atoms with Crippen molar-refractivity contribution in [3.05, 3.63) is 48.0 Å². The number of hydrogen-bond donors (Lipinski definition) is 2. The number of amides is 1. The molecule has 1 fully saturated rings. The van der Waals surface area contributed by atoms with E-state index in [1.807, 2.05) is 30.4 Å². The van der Waals surface area contributed by atoms with Crippen molar-refractivity contribution in [2.75, 3.05) is 0 Å². The molecule has 17 heavy (non-hydrogen) atoms. The van der Waals surface area contributed by atoms with Crippen LogP contribution in [0.4, 0.5) is 0 Å². The fourth-order valence-electron chi connectivity index (χ4n) is 2.96. The van der Waals surface area contributed by atoms with E-state index < -0.39 is 6.10 Å². The summed E-state index contributed by atoms with van der Waals surface area (Å²) in [5, 5.41) is 12.6. The fourth-order valence-corrected chi connectivity index (χ4v) is 2.96. The number of fused-ring (bicyclic) bond motifs is 1. The molecule has 0 spiro atoms. The van der Waals surface area contributed by atoms with Crippen LogP contribution in [-0.4, -0.2) is 23.2 Å². The van der Waals surface area contributed by atoms with Crippen molar-refractivity contribution >= 4 is 5.91 Å². The predicted octanol–water partition coefficient (Wildman–Crippen LogP) is 1.13. The van der Waals surface area contributed by atoms with Gasteiger partial charge in [-0.3, -0.25) is 4.79 Å². The number of nitrogens with one attached hydrogen (secondary N) is 1. The first-order valence-electron chi connectivity index (χ1n) is 5.93. The standard InChI is InChI=1S/C14H15NO2/c16-11-6-7-14(10-4-2-1-3-5-10)9-13(17)15-12(14)8-11/h1-7,11-12,16H,8-9H2,(H,15,17)/t11-,12-,14-/m1/s1. The van der Waals surface area contributed by atoms with Gasteiger partial charge in [-0.25, -0.2) is 0 Å². The number of hydrogen-bond acceptors (Lipinski definition) is 2. The van der Waals surface area contributed by atoms with Crippen LogP contribution in [0.2, 0.25) is 0 Å². The molecule has 1 aromatic carbocycles. The average Bonchev–Trinajstić information content (AvgIpc) is 2.67. The maximum absolute atomic E-state index is 11.7. The molecule has 3 heteroatoms. The van der Waals surface area contributed by atoms with Gasteiger partial charge in [0.25, 0.3) is 0 Å². The normalized spacial score (nSPS) is 35.5. The largest absolute Gasteiger partial charge is 0.389 e. The van der Waals surface area contributed by atoms with Crippen molar-refractivity contribution < 1.29 is 9.90 Å². The van der Waals surface area contributed by atoms with Crippen LogP contribution in [0, 0.1) is 0 Å². The van der Waals surface area contributed by atoms with Gasteiger partial charge in [-0.1, -0.05) is 42.5 Å². The van der Waals surface area contributed by atoms with Crippen molar-refractivity contribution in [2.24, 2.45) is 0 Å². The lowest BCUT2D eigenvalue weighted by atomic mass is 9.69. The summed E-state index contributed by atoms with van der Waals surface area (Å²) in [6.07, 6.45) is 4.43. The number of carbonyl (C=O) groups is 1. The molecule has 3 nitrogen and oxygen atoms in total. The Bertz CT molecular complexity index is 468. The maximum atomic E-state index is 11.7. The molecule has 3 atom stereocenters. The van der Waals surface area contributed by atoms with E-state index in [0.717, 1.165) is 5.56 Å². The maximum Gasteiger partial charge on any atom is 0.221 e. The number of aliphatic hydroxyl groups excluding tert-OH is 1. The molecule has 1 amide bonds. The third-order valence-electron chi connectivity index (χ3n) is 3.81. The molecule has 2 N–H and O–H groups in total. The van der Waals surface area contributed by atoms with Crippen LogP contribution in [0.5, 0.6) is 0 Å². The molecular formula is C14H15NO2. The Hall–Kier alpha value is -1.61. The first-order valence-corrected chi connectivity index (χ1v) is 5.93. The Morgan fingerprint density at radius 1 is 1.29 bits per heavy atom. The average molecular weight is 229 g/mol. The summed E-state index contributed by atoms with van der Waals surface area (Å²) in [5.41, 5.74) is 0.879. The molecular weight excluding hydrogens is 214 g/mol. The molecule has 1 aromatic rings. The minimum Gasteiger partial charge on any atom is -0.389 e. The van der Waals surface area contributed by atoms with E-state index in [9.17, 15) is 9.90 Å². The summed E-state index contributed by atoms with van der Waals surface area (Å²) in [4.78, 5) is 11.7. The van der Waals surface area contributed by atoms with E-state index in [0.29, 0.717) is 12.8 Å². The Kier molecular flexibility index (Phi) is 2.30. The monoisotopic (exact) mass is 229 g/mol. The first-order chi connectivity index (χ1) is 8.21. The number of rotatable bonds is 1. The highest BCUT2D eigenvalue weighted by Crippen LogP contribution is 2.41. The first kappa shape index (κ1) is 10.5. The Morgan fingerprint density at radius 2 is 2.06 bits per heavy atom. The summed E-state index contributed by atoms with van der Waals surface area (Å²) < 4.78 is 0. The van der Waals surface area contributed by atoms with Crippen LogP contribution in [-0.2, 0) is 10.2 Å². The van der Waals surface area contributed by atoms with Crippen molar-refractivity contribution in [3.63, 3.8) is 0 Å².